The van der Waals surface area contributed by atoms with Crippen LogP contribution in [-0.4, -0.2) is 25.7 Å². The van der Waals surface area contributed by atoms with Crippen LogP contribution in [0.15, 0.2) is 0 Å². The maximum atomic E-state index is 3.50. The molecule has 1 aliphatic heterocycles. The lowest BCUT2D eigenvalue weighted by atomic mass is 9.84. The first kappa shape index (κ1) is 10.0. The molecule has 1 rings (SSSR count). The molecule has 2 nitrogen and oxygen atoms in total. The number of hydrogen-bond acceptors (Lipinski definition) is 2. The van der Waals surface area contributed by atoms with Gasteiger partial charge in [0.25, 0.3) is 0 Å². The molecule has 1 atom stereocenters. The molecule has 0 spiro atoms. The fourth-order valence-corrected chi connectivity index (χ4v) is 1.84. The highest BCUT2D eigenvalue weighted by Crippen LogP contribution is 2.22. The number of rotatable bonds is 2. The van der Waals surface area contributed by atoms with Gasteiger partial charge in [0.15, 0.2) is 0 Å². The van der Waals surface area contributed by atoms with Crippen molar-refractivity contribution in [1.82, 2.24) is 10.6 Å². The van der Waals surface area contributed by atoms with Crippen LogP contribution in [0.4, 0.5) is 0 Å². The maximum absolute atomic E-state index is 3.50. The molecule has 0 bridgehead atoms. The van der Waals surface area contributed by atoms with Crippen LogP contribution < -0.4 is 10.6 Å². The Bertz CT molecular complexity index is 124. The summed E-state index contributed by atoms with van der Waals surface area (Å²) in [5.41, 5.74) is 0.289. The molecule has 2 N–H and O–H groups in total. The summed E-state index contributed by atoms with van der Waals surface area (Å²) in [4.78, 5) is 0. The van der Waals surface area contributed by atoms with Crippen LogP contribution in [0.5, 0.6) is 0 Å². The molecule has 1 saturated heterocycles. The average molecular weight is 170 g/mol. The molecule has 0 amide bonds. The molecule has 0 saturated carbocycles. The summed E-state index contributed by atoms with van der Waals surface area (Å²) in [5, 5.41) is 6.90. The predicted octanol–water partition coefficient (Wildman–Crippen LogP) is 1.37. The summed E-state index contributed by atoms with van der Waals surface area (Å²) in [6.07, 6.45) is 4.08. The molecule has 0 aromatic rings. The Kier molecular flexibility index (Phi) is 3.53. The van der Waals surface area contributed by atoms with Crippen molar-refractivity contribution in [2.75, 3.05) is 20.1 Å². The average Bonchev–Trinajstić information content (AvgIpc) is 2.32. The molecule has 1 aliphatic rings. The molecular formula is C10H22N2. The largest absolute Gasteiger partial charge is 0.316 e. The molecule has 0 aromatic heterocycles. The van der Waals surface area contributed by atoms with Gasteiger partial charge in [0, 0.05) is 5.54 Å². The Morgan fingerprint density at radius 3 is 2.75 bits per heavy atom. The summed E-state index contributed by atoms with van der Waals surface area (Å²) >= 11 is 0. The van der Waals surface area contributed by atoms with Crippen LogP contribution in [0.2, 0.25) is 0 Å². The lowest BCUT2D eigenvalue weighted by Crippen LogP contribution is -2.47. The highest BCUT2D eigenvalue weighted by molar-refractivity contribution is 4.87. The third-order valence-electron chi connectivity index (χ3n) is 3.21. The van der Waals surface area contributed by atoms with Gasteiger partial charge in [-0.05, 0) is 52.7 Å². The van der Waals surface area contributed by atoms with Crippen LogP contribution in [0, 0.1) is 5.92 Å². The van der Waals surface area contributed by atoms with Gasteiger partial charge in [-0.25, -0.2) is 0 Å². The summed E-state index contributed by atoms with van der Waals surface area (Å²) in [6, 6.07) is 0. The van der Waals surface area contributed by atoms with E-state index in [1.807, 2.05) is 0 Å². The first-order chi connectivity index (χ1) is 5.67. The molecular weight excluding hydrogens is 148 g/mol. The van der Waals surface area contributed by atoms with Crippen LogP contribution in [0.1, 0.15) is 33.1 Å². The third-order valence-corrected chi connectivity index (χ3v) is 3.21. The van der Waals surface area contributed by atoms with Crippen molar-refractivity contribution in [1.29, 1.82) is 0 Å². The normalized spacial score (nSPS) is 26.8. The van der Waals surface area contributed by atoms with E-state index in [2.05, 4.69) is 31.5 Å². The molecule has 72 valence electrons. The smallest absolute Gasteiger partial charge is 0.0162 e. The van der Waals surface area contributed by atoms with E-state index in [0.717, 1.165) is 5.92 Å². The van der Waals surface area contributed by atoms with Crippen LogP contribution in [0.25, 0.3) is 0 Å². The fourth-order valence-electron chi connectivity index (χ4n) is 1.84. The minimum atomic E-state index is 0.289. The summed E-state index contributed by atoms with van der Waals surface area (Å²) in [6.45, 7) is 6.97. The Balaban J connectivity index is 2.47. The third kappa shape index (κ3) is 2.46. The molecule has 0 radical (unpaired) electrons. The Morgan fingerprint density at radius 1 is 1.33 bits per heavy atom. The lowest BCUT2D eigenvalue weighted by Gasteiger charge is -2.33. The highest BCUT2D eigenvalue weighted by atomic mass is 15.0. The molecule has 0 aliphatic carbocycles. The van der Waals surface area contributed by atoms with Gasteiger partial charge in [0.05, 0.1) is 0 Å². The second-order valence-corrected chi connectivity index (χ2v) is 4.37. The van der Waals surface area contributed by atoms with Crippen molar-refractivity contribution in [2.45, 2.75) is 38.6 Å². The van der Waals surface area contributed by atoms with Gasteiger partial charge in [0.2, 0.25) is 0 Å². The van der Waals surface area contributed by atoms with E-state index in [-0.39, 0.29) is 5.54 Å². The van der Waals surface area contributed by atoms with Crippen LogP contribution in [0.3, 0.4) is 0 Å². The van der Waals surface area contributed by atoms with E-state index in [1.54, 1.807) is 0 Å². The standard InChI is InChI=1S/C10H22N2/c1-10(2,11-3)9-6-4-5-7-12-8-9/h9,11-12H,4-8H2,1-3H3. The van der Waals surface area contributed by atoms with E-state index in [9.17, 15) is 0 Å². The lowest BCUT2D eigenvalue weighted by molar-refractivity contribution is 0.254. The topological polar surface area (TPSA) is 24.1 Å². The van der Waals surface area contributed by atoms with Crippen molar-refractivity contribution >= 4 is 0 Å². The van der Waals surface area contributed by atoms with Gasteiger partial charge in [-0.3, -0.25) is 0 Å². The Hall–Kier alpha value is -0.0800. The van der Waals surface area contributed by atoms with Gasteiger partial charge in [0.1, 0.15) is 0 Å². The van der Waals surface area contributed by atoms with E-state index in [1.165, 1.54) is 32.4 Å². The Labute approximate surface area is 76.1 Å². The van der Waals surface area contributed by atoms with Crippen molar-refractivity contribution in [3.05, 3.63) is 0 Å². The van der Waals surface area contributed by atoms with E-state index in [4.69, 9.17) is 0 Å². The van der Waals surface area contributed by atoms with Gasteiger partial charge >= 0.3 is 0 Å². The van der Waals surface area contributed by atoms with Crippen molar-refractivity contribution in [2.24, 2.45) is 5.92 Å². The van der Waals surface area contributed by atoms with Gasteiger partial charge < -0.3 is 10.6 Å². The quantitative estimate of drug-likeness (QED) is 0.654. The minimum absolute atomic E-state index is 0.289. The minimum Gasteiger partial charge on any atom is -0.316 e. The first-order valence-corrected chi connectivity index (χ1v) is 5.06. The molecule has 1 heterocycles. The second kappa shape index (κ2) is 4.24. The molecule has 1 fully saturated rings. The zero-order valence-electron chi connectivity index (χ0n) is 8.61. The predicted molar refractivity (Wildman–Crippen MR) is 53.3 cm³/mol. The molecule has 2 heteroatoms. The first-order valence-electron chi connectivity index (χ1n) is 5.06. The summed E-state index contributed by atoms with van der Waals surface area (Å²) in [7, 11) is 2.06. The fraction of sp³-hybridized carbons (Fsp3) is 1.00. The maximum Gasteiger partial charge on any atom is 0.0162 e. The zero-order valence-corrected chi connectivity index (χ0v) is 8.61. The van der Waals surface area contributed by atoms with Crippen molar-refractivity contribution in [3.63, 3.8) is 0 Å². The second-order valence-electron chi connectivity index (χ2n) is 4.37. The van der Waals surface area contributed by atoms with E-state index < -0.39 is 0 Å². The van der Waals surface area contributed by atoms with Gasteiger partial charge in [-0.1, -0.05) is 6.42 Å². The van der Waals surface area contributed by atoms with Crippen LogP contribution in [-0.2, 0) is 0 Å². The summed E-state index contributed by atoms with van der Waals surface area (Å²) in [5.74, 6) is 0.782. The number of hydrogen-bond donors (Lipinski definition) is 2. The summed E-state index contributed by atoms with van der Waals surface area (Å²) < 4.78 is 0. The number of nitrogens with one attached hydrogen (secondary N) is 2. The van der Waals surface area contributed by atoms with Crippen molar-refractivity contribution < 1.29 is 0 Å². The monoisotopic (exact) mass is 170 g/mol. The van der Waals surface area contributed by atoms with Gasteiger partial charge in [-0.15, -0.1) is 0 Å². The van der Waals surface area contributed by atoms with E-state index in [0.29, 0.717) is 0 Å². The van der Waals surface area contributed by atoms with E-state index >= 15 is 0 Å². The Morgan fingerprint density at radius 2 is 2.08 bits per heavy atom. The molecule has 1 unspecified atom stereocenters. The molecule has 12 heavy (non-hydrogen) atoms. The van der Waals surface area contributed by atoms with Crippen LogP contribution >= 0.6 is 0 Å². The van der Waals surface area contributed by atoms with Gasteiger partial charge in [-0.2, -0.15) is 0 Å². The zero-order chi connectivity index (χ0) is 9.03. The van der Waals surface area contributed by atoms with Crippen molar-refractivity contribution in [3.8, 4) is 0 Å². The highest BCUT2D eigenvalue weighted by Gasteiger charge is 2.27. The SMILES string of the molecule is CNC(C)(C)C1CCCCNC1. The molecule has 0 aromatic carbocycles.